The summed E-state index contributed by atoms with van der Waals surface area (Å²) in [7, 11) is 0. The van der Waals surface area contributed by atoms with Gasteiger partial charge in [0.05, 0.1) is 0 Å². The Balaban J connectivity index is 1.82. The molecule has 5 heteroatoms. The van der Waals surface area contributed by atoms with Crippen molar-refractivity contribution in [2.24, 2.45) is 5.73 Å². The van der Waals surface area contributed by atoms with Gasteiger partial charge in [-0.2, -0.15) is 0 Å². The number of amides is 1. The van der Waals surface area contributed by atoms with Crippen LogP contribution < -0.4 is 20.5 Å². The first-order chi connectivity index (χ1) is 10.3. The topological polar surface area (TPSA) is 73.6 Å². The van der Waals surface area contributed by atoms with E-state index in [1.54, 1.807) is 18.2 Å². The predicted molar refractivity (Wildman–Crippen MR) is 79.7 cm³/mol. The summed E-state index contributed by atoms with van der Waals surface area (Å²) in [5, 5.41) is 2.87. The number of ether oxygens (including phenoxy) is 2. The molecule has 5 nitrogen and oxygen atoms in total. The molecule has 1 amide bonds. The van der Waals surface area contributed by atoms with Gasteiger partial charge in [0.2, 0.25) is 0 Å². The van der Waals surface area contributed by atoms with Crippen molar-refractivity contribution >= 4 is 11.6 Å². The number of anilines is 1. The van der Waals surface area contributed by atoms with E-state index in [4.69, 9.17) is 15.2 Å². The molecule has 0 aromatic heterocycles. The molecule has 0 aliphatic carbocycles. The van der Waals surface area contributed by atoms with Gasteiger partial charge in [-0.15, -0.1) is 0 Å². The molecule has 108 valence electrons. The number of hydrogen-bond donors (Lipinski definition) is 2. The minimum atomic E-state index is -0.201. The second-order valence-corrected chi connectivity index (χ2v) is 4.67. The van der Waals surface area contributed by atoms with E-state index in [0.717, 1.165) is 11.3 Å². The maximum atomic E-state index is 12.3. The van der Waals surface area contributed by atoms with E-state index in [2.05, 4.69) is 5.32 Å². The summed E-state index contributed by atoms with van der Waals surface area (Å²) in [6.45, 7) is 1.40. The number of carbonyl (C=O) groups excluding carboxylic acids is 1. The van der Waals surface area contributed by atoms with Crippen LogP contribution in [0.2, 0.25) is 0 Å². The Morgan fingerprint density at radius 2 is 1.86 bits per heavy atom. The molecule has 0 saturated carbocycles. The molecule has 2 aromatic carbocycles. The van der Waals surface area contributed by atoms with Gasteiger partial charge in [-0.05, 0) is 29.8 Å². The van der Waals surface area contributed by atoms with Gasteiger partial charge >= 0.3 is 0 Å². The molecule has 21 heavy (non-hydrogen) atoms. The van der Waals surface area contributed by atoms with Gasteiger partial charge in [0.1, 0.15) is 13.2 Å². The van der Waals surface area contributed by atoms with Crippen molar-refractivity contribution < 1.29 is 14.3 Å². The monoisotopic (exact) mass is 284 g/mol. The first-order valence-corrected chi connectivity index (χ1v) is 6.77. The van der Waals surface area contributed by atoms with Gasteiger partial charge in [-0.25, -0.2) is 0 Å². The van der Waals surface area contributed by atoms with Crippen LogP contribution in [0.25, 0.3) is 0 Å². The summed E-state index contributed by atoms with van der Waals surface area (Å²) in [4.78, 5) is 12.3. The van der Waals surface area contributed by atoms with Crippen LogP contribution >= 0.6 is 0 Å². The molecular formula is C16H16N2O3. The van der Waals surface area contributed by atoms with Crippen LogP contribution in [0, 0.1) is 0 Å². The van der Waals surface area contributed by atoms with Gasteiger partial charge in [-0.1, -0.05) is 18.2 Å². The molecule has 0 atom stereocenters. The van der Waals surface area contributed by atoms with Gasteiger partial charge in [-0.3, -0.25) is 4.79 Å². The van der Waals surface area contributed by atoms with Gasteiger partial charge in [0.25, 0.3) is 5.91 Å². The third-order valence-corrected chi connectivity index (χ3v) is 3.29. The fraction of sp³-hybridized carbons (Fsp3) is 0.188. The molecule has 1 heterocycles. The van der Waals surface area contributed by atoms with Crippen LogP contribution in [0.15, 0.2) is 42.5 Å². The number of para-hydroxylation sites is 1. The zero-order valence-corrected chi connectivity index (χ0v) is 11.5. The summed E-state index contributed by atoms with van der Waals surface area (Å²) < 4.78 is 10.9. The lowest BCUT2D eigenvalue weighted by Crippen LogP contribution is -2.17. The van der Waals surface area contributed by atoms with Crippen molar-refractivity contribution in [3.63, 3.8) is 0 Å². The minimum Gasteiger partial charge on any atom is -0.486 e. The lowest BCUT2D eigenvalue weighted by molar-refractivity contribution is 0.102. The molecule has 1 aliphatic rings. The van der Waals surface area contributed by atoms with Gasteiger partial charge in [0, 0.05) is 17.8 Å². The van der Waals surface area contributed by atoms with Crippen LogP contribution in [0.5, 0.6) is 11.5 Å². The highest BCUT2D eigenvalue weighted by atomic mass is 16.6. The average Bonchev–Trinajstić information content (AvgIpc) is 2.55. The Hall–Kier alpha value is -2.53. The van der Waals surface area contributed by atoms with E-state index >= 15 is 0 Å². The van der Waals surface area contributed by atoms with Gasteiger partial charge in [0.15, 0.2) is 11.5 Å². The zero-order chi connectivity index (χ0) is 14.7. The quantitative estimate of drug-likeness (QED) is 0.906. The molecule has 0 bridgehead atoms. The molecule has 0 radical (unpaired) electrons. The molecule has 3 N–H and O–H groups in total. The molecule has 0 fully saturated rings. The van der Waals surface area contributed by atoms with Crippen molar-refractivity contribution in [1.82, 2.24) is 0 Å². The Kier molecular flexibility index (Phi) is 3.75. The normalized spacial score (nSPS) is 12.8. The summed E-state index contributed by atoms with van der Waals surface area (Å²) in [5.74, 6) is 1.06. The van der Waals surface area contributed by atoms with Crippen LogP contribution in [-0.4, -0.2) is 19.1 Å². The van der Waals surface area contributed by atoms with E-state index < -0.39 is 0 Å². The number of carbonyl (C=O) groups is 1. The summed E-state index contributed by atoms with van der Waals surface area (Å²) >= 11 is 0. The van der Waals surface area contributed by atoms with Crippen LogP contribution in [0.1, 0.15) is 15.9 Å². The highest BCUT2D eigenvalue weighted by Crippen LogP contribution is 2.31. The molecule has 0 saturated heterocycles. The average molecular weight is 284 g/mol. The van der Waals surface area contributed by atoms with E-state index in [1.807, 2.05) is 24.3 Å². The van der Waals surface area contributed by atoms with Crippen LogP contribution in [-0.2, 0) is 6.54 Å². The highest BCUT2D eigenvalue weighted by Gasteiger charge is 2.15. The SMILES string of the molecule is NCc1ccccc1NC(=O)c1ccc2c(c1)OCCO2. The number of fused-ring (bicyclic) bond motifs is 1. The minimum absolute atomic E-state index is 0.201. The van der Waals surface area contributed by atoms with E-state index in [9.17, 15) is 4.79 Å². The third kappa shape index (κ3) is 2.83. The smallest absolute Gasteiger partial charge is 0.255 e. The Morgan fingerprint density at radius 1 is 1.10 bits per heavy atom. The Morgan fingerprint density at radius 3 is 2.67 bits per heavy atom. The highest BCUT2D eigenvalue weighted by molar-refractivity contribution is 6.05. The molecule has 1 aliphatic heterocycles. The maximum Gasteiger partial charge on any atom is 0.255 e. The fourth-order valence-electron chi connectivity index (χ4n) is 2.20. The van der Waals surface area contributed by atoms with Crippen molar-refractivity contribution in [1.29, 1.82) is 0 Å². The van der Waals surface area contributed by atoms with E-state index in [-0.39, 0.29) is 5.91 Å². The fourth-order valence-corrected chi connectivity index (χ4v) is 2.20. The van der Waals surface area contributed by atoms with Crippen LogP contribution in [0.4, 0.5) is 5.69 Å². The summed E-state index contributed by atoms with van der Waals surface area (Å²) in [6, 6.07) is 12.6. The lowest BCUT2D eigenvalue weighted by Gasteiger charge is -2.18. The molecular weight excluding hydrogens is 268 g/mol. The van der Waals surface area contributed by atoms with Crippen molar-refractivity contribution in [2.75, 3.05) is 18.5 Å². The molecule has 2 aromatic rings. The number of rotatable bonds is 3. The zero-order valence-electron chi connectivity index (χ0n) is 11.5. The molecule has 0 unspecified atom stereocenters. The van der Waals surface area contributed by atoms with Crippen molar-refractivity contribution in [2.45, 2.75) is 6.54 Å². The predicted octanol–water partition coefficient (Wildman–Crippen LogP) is 2.17. The maximum absolute atomic E-state index is 12.3. The first-order valence-electron chi connectivity index (χ1n) is 6.77. The van der Waals surface area contributed by atoms with Crippen molar-refractivity contribution in [3.05, 3.63) is 53.6 Å². The Bertz CT molecular complexity index is 670. The van der Waals surface area contributed by atoms with Crippen LogP contribution in [0.3, 0.4) is 0 Å². The summed E-state index contributed by atoms with van der Waals surface area (Å²) in [6.07, 6.45) is 0. The van der Waals surface area contributed by atoms with E-state index in [1.165, 1.54) is 0 Å². The van der Waals surface area contributed by atoms with Gasteiger partial charge < -0.3 is 20.5 Å². The largest absolute Gasteiger partial charge is 0.486 e. The molecule has 0 spiro atoms. The number of hydrogen-bond acceptors (Lipinski definition) is 4. The second kappa shape index (κ2) is 5.85. The number of nitrogens with one attached hydrogen (secondary N) is 1. The second-order valence-electron chi connectivity index (χ2n) is 4.67. The molecule has 3 rings (SSSR count). The summed E-state index contributed by atoms with van der Waals surface area (Å²) in [5.41, 5.74) is 7.80. The number of nitrogens with two attached hydrogens (primary N) is 1. The van der Waals surface area contributed by atoms with Crippen molar-refractivity contribution in [3.8, 4) is 11.5 Å². The van der Waals surface area contributed by atoms with E-state index in [0.29, 0.717) is 36.8 Å². The first kappa shape index (κ1) is 13.5. The number of benzene rings is 2. The standard InChI is InChI=1S/C16H16N2O3/c17-10-12-3-1-2-4-13(12)18-16(19)11-5-6-14-15(9-11)21-8-7-20-14/h1-6,9H,7-8,10,17H2,(H,18,19). The lowest BCUT2D eigenvalue weighted by atomic mass is 10.1. The Labute approximate surface area is 122 Å². The third-order valence-electron chi connectivity index (χ3n) is 3.29.